The number of hydrogen-bond donors (Lipinski definition) is 0. The highest BCUT2D eigenvalue weighted by molar-refractivity contribution is 6.30. The number of rotatable bonds is 3. The van der Waals surface area contributed by atoms with Crippen LogP contribution in [-0.2, 0) is 0 Å². The lowest BCUT2D eigenvalue weighted by molar-refractivity contribution is 0.521. The molecule has 0 bridgehead atoms. The van der Waals surface area contributed by atoms with E-state index in [-0.39, 0.29) is 5.56 Å². The monoisotopic (exact) mass is 391 g/mol. The molecule has 1 aliphatic rings. The highest BCUT2D eigenvalue weighted by Crippen LogP contribution is 2.28. The second-order valence-electron chi connectivity index (χ2n) is 6.59. The van der Waals surface area contributed by atoms with Crippen LogP contribution < -0.4 is 15.4 Å². The Labute approximate surface area is 168 Å². The molecule has 4 rings (SSSR count). The minimum atomic E-state index is -0.601. The number of piperazine rings is 1. The van der Waals surface area contributed by atoms with Crippen molar-refractivity contribution < 1.29 is 4.42 Å². The molecule has 0 amide bonds. The van der Waals surface area contributed by atoms with Gasteiger partial charge in [-0.15, -0.1) is 0 Å². The Morgan fingerprint density at radius 1 is 0.929 bits per heavy atom. The highest BCUT2D eigenvalue weighted by Gasteiger charge is 2.23. The molecule has 0 saturated carbocycles. The Hall–Kier alpha value is -3.23. The molecule has 1 fully saturated rings. The summed E-state index contributed by atoms with van der Waals surface area (Å²) in [4.78, 5) is 16.7. The summed E-state index contributed by atoms with van der Waals surface area (Å²) in [6.07, 6.45) is 0. The Morgan fingerprint density at radius 2 is 1.64 bits per heavy atom. The fraction of sp³-hybridized carbons (Fsp3) is 0.182. The predicted molar refractivity (Wildman–Crippen MR) is 111 cm³/mol. The van der Waals surface area contributed by atoms with Crippen LogP contribution in [0.2, 0.25) is 5.02 Å². The number of nitriles is 1. The number of benzene rings is 2. The maximum atomic E-state index is 12.4. The van der Waals surface area contributed by atoms with Gasteiger partial charge in [0.15, 0.2) is 5.56 Å². The van der Waals surface area contributed by atoms with Crippen molar-refractivity contribution in [3.05, 3.63) is 81.7 Å². The van der Waals surface area contributed by atoms with E-state index < -0.39 is 5.63 Å². The van der Waals surface area contributed by atoms with Crippen LogP contribution in [0.5, 0.6) is 0 Å². The molecule has 2 heterocycles. The van der Waals surface area contributed by atoms with Crippen molar-refractivity contribution in [1.82, 2.24) is 0 Å². The summed E-state index contributed by atoms with van der Waals surface area (Å²) < 4.78 is 5.39. The maximum absolute atomic E-state index is 12.4. The van der Waals surface area contributed by atoms with E-state index >= 15 is 0 Å². The van der Waals surface area contributed by atoms with Gasteiger partial charge in [0.25, 0.3) is 0 Å². The Bertz CT molecular complexity index is 1080. The van der Waals surface area contributed by atoms with Gasteiger partial charge in [0.1, 0.15) is 11.8 Å². The predicted octanol–water partition coefficient (Wildman–Crippen LogP) is 4.16. The van der Waals surface area contributed by atoms with Crippen molar-refractivity contribution in [1.29, 1.82) is 5.26 Å². The molecule has 6 heteroatoms. The van der Waals surface area contributed by atoms with Crippen LogP contribution in [0.15, 0.2) is 69.9 Å². The molecule has 0 atom stereocenters. The van der Waals surface area contributed by atoms with Crippen molar-refractivity contribution in [3.8, 4) is 17.4 Å². The van der Waals surface area contributed by atoms with Crippen LogP contribution in [-0.4, -0.2) is 26.2 Å². The van der Waals surface area contributed by atoms with Gasteiger partial charge in [-0.3, -0.25) is 0 Å². The molecule has 1 saturated heterocycles. The molecule has 0 unspecified atom stereocenters. The zero-order chi connectivity index (χ0) is 19.5. The molecule has 3 aromatic rings. The van der Waals surface area contributed by atoms with Crippen molar-refractivity contribution in [3.63, 3.8) is 0 Å². The molecule has 0 aliphatic carbocycles. The Morgan fingerprint density at radius 3 is 2.32 bits per heavy atom. The second-order valence-corrected chi connectivity index (χ2v) is 7.03. The lowest BCUT2D eigenvalue weighted by Crippen LogP contribution is -2.47. The number of nitrogens with zero attached hydrogens (tertiary/aromatic N) is 3. The van der Waals surface area contributed by atoms with E-state index in [9.17, 15) is 10.1 Å². The molecule has 1 aromatic heterocycles. The first kappa shape index (κ1) is 18.1. The Kier molecular flexibility index (Phi) is 5.05. The van der Waals surface area contributed by atoms with E-state index in [1.54, 1.807) is 6.07 Å². The summed E-state index contributed by atoms with van der Waals surface area (Å²) >= 11 is 6.10. The lowest BCUT2D eigenvalue weighted by Gasteiger charge is -2.37. The van der Waals surface area contributed by atoms with Crippen molar-refractivity contribution in [2.24, 2.45) is 0 Å². The molecule has 0 radical (unpaired) electrons. The zero-order valence-electron chi connectivity index (χ0n) is 15.1. The van der Waals surface area contributed by atoms with E-state index in [1.165, 1.54) is 0 Å². The van der Waals surface area contributed by atoms with Crippen molar-refractivity contribution >= 4 is 23.0 Å². The Balaban J connectivity index is 1.62. The first-order valence-electron chi connectivity index (χ1n) is 9.05. The average Bonchev–Trinajstić information content (AvgIpc) is 2.74. The smallest absolute Gasteiger partial charge is 0.356 e. The van der Waals surface area contributed by atoms with Crippen LogP contribution >= 0.6 is 11.6 Å². The SMILES string of the molecule is N#Cc1c(N2CCN(c3cccc(Cl)c3)CC2)cc(-c2ccccc2)oc1=O. The summed E-state index contributed by atoms with van der Waals surface area (Å²) in [5, 5.41) is 10.2. The minimum Gasteiger partial charge on any atom is -0.422 e. The number of hydrogen-bond acceptors (Lipinski definition) is 5. The van der Waals surface area contributed by atoms with Crippen molar-refractivity contribution in [2.75, 3.05) is 36.0 Å². The summed E-state index contributed by atoms with van der Waals surface area (Å²) in [5.41, 5.74) is 1.96. The molecule has 1 aliphatic heterocycles. The van der Waals surface area contributed by atoms with E-state index in [2.05, 4.69) is 9.80 Å². The lowest BCUT2D eigenvalue weighted by atomic mass is 10.1. The van der Waals surface area contributed by atoms with E-state index in [0.29, 0.717) is 29.6 Å². The van der Waals surface area contributed by atoms with Gasteiger partial charge >= 0.3 is 5.63 Å². The van der Waals surface area contributed by atoms with E-state index in [4.69, 9.17) is 16.0 Å². The van der Waals surface area contributed by atoms with Gasteiger partial charge in [-0.25, -0.2) is 4.79 Å². The second kappa shape index (κ2) is 7.79. The summed E-state index contributed by atoms with van der Waals surface area (Å²) in [6, 6.07) is 21.0. The van der Waals surface area contributed by atoms with Crippen LogP contribution in [0.1, 0.15) is 5.56 Å². The topological polar surface area (TPSA) is 60.5 Å². The molecule has 0 spiro atoms. The molecule has 0 N–H and O–H groups in total. The highest BCUT2D eigenvalue weighted by atomic mass is 35.5. The molecule has 2 aromatic carbocycles. The van der Waals surface area contributed by atoms with Gasteiger partial charge in [-0.1, -0.05) is 48.0 Å². The zero-order valence-corrected chi connectivity index (χ0v) is 15.9. The first-order chi connectivity index (χ1) is 13.7. The molecule has 5 nitrogen and oxygen atoms in total. The number of halogens is 1. The molecular formula is C22H18ClN3O2. The maximum Gasteiger partial charge on any atom is 0.356 e. The molecule has 140 valence electrons. The van der Waals surface area contributed by atoms with Crippen molar-refractivity contribution in [2.45, 2.75) is 0 Å². The fourth-order valence-corrected chi connectivity index (χ4v) is 3.64. The minimum absolute atomic E-state index is 0.0517. The van der Waals surface area contributed by atoms with Gasteiger partial charge in [-0.2, -0.15) is 5.26 Å². The third-order valence-corrected chi connectivity index (χ3v) is 5.13. The fourth-order valence-electron chi connectivity index (χ4n) is 3.46. The van der Waals surface area contributed by atoms with Gasteiger partial charge < -0.3 is 14.2 Å². The normalized spacial score (nSPS) is 14.0. The van der Waals surface area contributed by atoms with E-state index in [0.717, 1.165) is 24.3 Å². The van der Waals surface area contributed by atoms with E-state index in [1.807, 2.05) is 60.7 Å². The largest absolute Gasteiger partial charge is 0.422 e. The third kappa shape index (κ3) is 3.60. The third-order valence-electron chi connectivity index (χ3n) is 4.89. The molecule has 28 heavy (non-hydrogen) atoms. The van der Waals surface area contributed by atoms with Crippen LogP contribution in [0.25, 0.3) is 11.3 Å². The quantitative estimate of drug-likeness (QED) is 0.671. The van der Waals surface area contributed by atoms with Gasteiger partial charge in [0.05, 0.1) is 5.69 Å². The van der Waals surface area contributed by atoms with Gasteiger partial charge in [-0.05, 0) is 18.2 Å². The first-order valence-corrected chi connectivity index (χ1v) is 9.42. The summed E-state index contributed by atoms with van der Waals surface area (Å²) in [6.45, 7) is 2.93. The number of anilines is 2. The summed E-state index contributed by atoms with van der Waals surface area (Å²) in [7, 11) is 0. The standard InChI is InChI=1S/C22H18ClN3O2/c23-17-7-4-8-18(13-17)25-9-11-26(12-10-25)20-14-21(16-5-2-1-3-6-16)28-22(27)19(20)15-24/h1-8,13-14H,9-12H2. The molecular weight excluding hydrogens is 374 g/mol. The van der Waals surface area contributed by atoms with Gasteiger partial charge in [0, 0.05) is 48.5 Å². The van der Waals surface area contributed by atoms with Gasteiger partial charge in [0.2, 0.25) is 0 Å². The summed E-state index contributed by atoms with van der Waals surface area (Å²) in [5.74, 6) is 0.469. The average molecular weight is 392 g/mol. The van der Waals surface area contributed by atoms with Crippen LogP contribution in [0, 0.1) is 11.3 Å². The van der Waals surface area contributed by atoms with Crippen LogP contribution in [0.4, 0.5) is 11.4 Å². The van der Waals surface area contributed by atoms with Crippen LogP contribution in [0.3, 0.4) is 0 Å².